The lowest BCUT2D eigenvalue weighted by Gasteiger charge is -2.09. The molecule has 0 bridgehead atoms. The predicted molar refractivity (Wildman–Crippen MR) is 64.2 cm³/mol. The second kappa shape index (κ2) is 3.95. The molecule has 3 rings (SSSR count). The molecule has 0 saturated carbocycles. The monoisotopic (exact) mass is 265 g/mol. The third-order valence-electron chi connectivity index (χ3n) is 2.60. The number of nitrogens with zero attached hydrogens (tertiary/aromatic N) is 5. The molecule has 0 fully saturated rings. The zero-order chi connectivity index (χ0) is 12.7. The van der Waals surface area contributed by atoms with Crippen molar-refractivity contribution in [2.45, 2.75) is 0 Å². The minimum Gasteiger partial charge on any atom is -0.493 e. The zero-order valence-corrected chi connectivity index (χ0v) is 10.3. The van der Waals surface area contributed by atoms with Crippen LogP contribution >= 0.6 is 11.6 Å². The molecule has 0 spiro atoms. The summed E-state index contributed by atoms with van der Waals surface area (Å²) >= 11 is 5.98. The summed E-state index contributed by atoms with van der Waals surface area (Å²) in [5.74, 6) is 1.16. The first-order valence-corrected chi connectivity index (χ1v) is 5.41. The maximum absolute atomic E-state index is 5.98. The molecule has 92 valence electrons. The summed E-state index contributed by atoms with van der Waals surface area (Å²) in [6, 6.07) is 3.50. The van der Waals surface area contributed by atoms with Gasteiger partial charge in [-0.05, 0) is 28.1 Å². The van der Waals surface area contributed by atoms with Gasteiger partial charge >= 0.3 is 0 Å². The van der Waals surface area contributed by atoms with Crippen molar-refractivity contribution in [1.29, 1.82) is 0 Å². The van der Waals surface area contributed by atoms with Crippen LogP contribution in [0.4, 0.5) is 0 Å². The molecule has 2 aromatic heterocycles. The van der Waals surface area contributed by atoms with E-state index in [2.05, 4.69) is 20.5 Å². The molecule has 3 aromatic rings. The Morgan fingerprint density at radius 2 is 1.89 bits per heavy atom. The second-order valence-corrected chi connectivity index (χ2v) is 3.86. The van der Waals surface area contributed by atoms with Crippen molar-refractivity contribution in [1.82, 2.24) is 25.0 Å². The molecule has 0 unspecified atom stereocenters. The Bertz CT molecular complexity index is 742. The van der Waals surface area contributed by atoms with Gasteiger partial charge in [-0.3, -0.25) is 0 Å². The van der Waals surface area contributed by atoms with E-state index >= 15 is 0 Å². The number of ether oxygens (including phenoxy) is 2. The van der Waals surface area contributed by atoms with Crippen molar-refractivity contribution < 1.29 is 9.47 Å². The Kier molecular flexibility index (Phi) is 2.41. The van der Waals surface area contributed by atoms with Crippen LogP contribution in [0.5, 0.6) is 11.5 Å². The van der Waals surface area contributed by atoms with E-state index < -0.39 is 0 Å². The van der Waals surface area contributed by atoms with Gasteiger partial charge in [0, 0.05) is 6.07 Å². The Balaban J connectivity index is 2.46. The van der Waals surface area contributed by atoms with E-state index in [0.29, 0.717) is 22.7 Å². The lowest BCUT2D eigenvalue weighted by Crippen LogP contribution is -1.97. The third-order valence-corrected chi connectivity index (χ3v) is 2.84. The van der Waals surface area contributed by atoms with Crippen molar-refractivity contribution in [2.24, 2.45) is 0 Å². The number of halogens is 1. The van der Waals surface area contributed by atoms with Crippen molar-refractivity contribution >= 4 is 28.2 Å². The number of hydrogen-bond donors (Lipinski definition) is 0. The highest BCUT2D eigenvalue weighted by Crippen LogP contribution is 2.33. The number of benzene rings is 1. The van der Waals surface area contributed by atoms with Gasteiger partial charge in [-0.15, -0.1) is 5.10 Å². The van der Waals surface area contributed by atoms with Crippen LogP contribution in [0.3, 0.4) is 0 Å². The summed E-state index contributed by atoms with van der Waals surface area (Å²) in [5.41, 5.74) is 1.16. The van der Waals surface area contributed by atoms with E-state index in [9.17, 15) is 0 Å². The summed E-state index contributed by atoms with van der Waals surface area (Å²) in [6.45, 7) is 0. The molecular formula is C10H8ClN5O2. The lowest BCUT2D eigenvalue weighted by molar-refractivity contribution is 0.356. The van der Waals surface area contributed by atoms with Gasteiger partial charge < -0.3 is 9.47 Å². The SMILES string of the molecule is COc1cc2nc(Cl)n3nnnc3c2cc1OC. The summed E-state index contributed by atoms with van der Waals surface area (Å²) < 4.78 is 11.8. The van der Waals surface area contributed by atoms with E-state index in [1.165, 1.54) is 4.52 Å². The molecule has 7 nitrogen and oxygen atoms in total. The Morgan fingerprint density at radius 1 is 1.17 bits per heavy atom. The third kappa shape index (κ3) is 1.44. The van der Waals surface area contributed by atoms with Gasteiger partial charge in [-0.1, -0.05) is 0 Å². The topological polar surface area (TPSA) is 74.4 Å². The first-order chi connectivity index (χ1) is 8.74. The first kappa shape index (κ1) is 11.0. The summed E-state index contributed by atoms with van der Waals surface area (Å²) in [6.07, 6.45) is 0. The largest absolute Gasteiger partial charge is 0.493 e. The number of tetrazole rings is 1. The molecule has 0 aliphatic heterocycles. The van der Waals surface area contributed by atoms with Crippen molar-refractivity contribution in [2.75, 3.05) is 14.2 Å². The normalized spacial score (nSPS) is 11.1. The fourth-order valence-electron chi connectivity index (χ4n) is 1.77. The number of aromatic nitrogens is 5. The fourth-order valence-corrected chi connectivity index (χ4v) is 1.97. The van der Waals surface area contributed by atoms with Crippen LogP contribution < -0.4 is 9.47 Å². The molecule has 8 heteroatoms. The molecule has 0 radical (unpaired) electrons. The smallest absolute Gasteiger partial charge is 0.227 e. The van der Waals surface area contributed by atoms with Gasteiger partial charge in [0.1, 0.15) is 0 Å². The number of methoxy groups -OCH3 is 2. The molecule has 1 aromatic carbocycles. The summed E-state index contributed by atoms with van der Waals surface area (Å²) in [5, 5.41) is 12.2. The molecule has 2 heterocycles. The highest BCUT2D eigenvalue weighted by Gasteiger charge is 2.13. The standard InChI is InChI=1S/C10H8ClN5O2/c1-17-7-3-5-6(4-8(7)18-2)12-10(11)16-9(5)13-14-15-16/h3-4H,1-2H3. The van der Waals surface area contributed by atoms with E-state index in [-0.39, 0.29) is 5.28 Å². The first-order valence-electron chi connectivity index (χ1n) is 5.04. The van der Waals surface area contributed by atoms with Crippen molar-refractivity contribution in [3.05, 3.63) is 17.4 Å². The number of hydrogen-bond acceptors (Lipinski definition) is 6. The molecule has 0 N–H and O–H groups in total. The minimum absolute atomic E-state index is 0.190. The second-order valence-electron chi connectivity index (χ2n) is 3.52. The van der Waals surface area contributed by atoms with Gasteiger partial charge in [0.15, 0.2) is 17.1 Å². The van der Waals surface area contributed by atoms with E-state index in [4.69, 9.17) is 21.1 Å². The van der Waals surface area contributed by atoms with Gasteiger partial charge in [0.25, 0.3) is 0 Å². The molecule has 0 aliphatic rings. The van der Waals surface area contributed by atoms with Gasteiger partial charge in [0.05, 0.1) is 25.1 Å². The molecular weight excluding hydrogens is 258 g/mol. The van der Waals surface area contributed by atoms with Crippen LogP contribution in [0.25, 0.3) is 16.6 Å². The Hall–Kier alpha value is -2.15. The van der Waals surface area contributed by atoms with Gasteiger partial charge in [-0.25, -0.2) is 4.98 Å². The van der Waals surface area contributed by atoms with Crippen LogP contribution in [0, 0.1) is 0 Å². The van der Waals surface area contributed by atoms with E-state index in [1.807, 2.05) is 0 Å². The zero-order valence-electron chi connectivity index (χ0n) is 9.59. The summed E-state index contributed by atoms with van der Waals surface area (Å²) in [4.78, 5) is 4.21. The maximum Gasteiger partial charge on any atom is 0.227 e. The van der Waals surface area contributed by atoms with E-state index in [1.54, 1.807) is 26.4 Å². The van der Waals surface area contributed by atoms with Crippen LogP contribution in [-0.2, 0) is 0 Å². The van der Waals surface area contributed by atoms with Crippen molar-refractivity contribution in [3.8, 4) is 11.5 Å². The van der Waals surface area contributed by atoms with Crippen LogP contribution in [0.2, 0.25) is 5.28 Å². The fraction of sp³-hybridized carbons (Fsp3) is 0.200. The maximum atomic E-state index is 5.98. The summed E-state index contributed by atoms with van der Waals surface area (Å²) in [7, 11) is 3.12. The Labute approximate surface area is 106 Å². The quantitative estimate of drug-likeness (QED) is 0.651. The highest BCUT2D eigenvalue weighted by molar-refractivity contribution is 6.29. The predicted octanol–water partition coefficient (Wildman–Crippen LogP) is 1.34. The van der Waals surface area contributed by atoms with Crippen LogP contribution in [-0.4, -0.2) is 39.2 Å². The van der Waals surface area contributed by atoms with E-state index in [0.717, 1.165) is 5.39 Å². The van der Waals surface area contributed by atoms with Gasteiger partial charge in [0.2, 0.25) is 5.28 Å². The van der Waals surface area contributed by atoms with Crippen molar-refractivity contribution in [3.63, 3.8) is 0 Å². The average Bonchev–Trinajstić information content (AvgIpc) is 2.87. The highest BCUT2D eigenvalue weighted by atomic mass is 35.5. The van der Waals surface area contributed by atoms with Gasteiger partial charge in [-0.2, -0.15) is 4.52 Å². The molecule has 0 aliphatic carbocycles. The minimum atomic E-state index is 0.190. The molecule has 18 heavy (non-hydrogen) atoms. The number of rotatable bonds is 2. The number of fused-ring (bicyclic) bond motifs is 3. The average molecular weight is 266 g/mol. The molecule has 0 amide bonds. The van der Waals surface area contributed by atoms with Crippen LogP contribution in [0.15, 0.2) is 12.1 Å². The lowest BCUT2D eigenvalue weighted by atomic mass is 10.2. The molecule has 0 atom stereocenters. The molecule has 0 saturated heterocycles. The Morgan fingerprint density at radius 3 is 2.61 bits per heavy atom. The van der Waals surface area contributed by atoms with Crippen LogP contribution in [0.1, 0.15) is 0 Å².